The highest BCUT2D eigenvalue weighted by molar-refractivity contribution is 5.09. The molecule has 1 saturated heterocycles. The van der Waals surface area contributed by atoms with Crippen LogP contribution in [-0.2, 0) is 10.9 Å². The lowest BCUT2D eigenvalue weighted by atomic mass is 9.95. The quantitative estimate of drug-likeness (QED) is 0.809. The Hall–Kier alpha value is -1.52. The molecule has 10 heteroatoms. The Morgan fingerprint density at radius 3 is 2.54 bits per heavy atom. The molecule has 0 aromatic carbocycles. The largest absolute Gasteiger partial charge is 0.435 e. The molecule has 6 nitrogen and oxygen atoms in total. The van der Waals surface area contributed by atoms with Gasteiger partial charge in [-0.15, -0.1) is 0 Å². The fourth-order valence-electron chi connectivity index (χ4n) is 2.05. The predicted molar refractivity (Wildman–Crippen MR) is 74.6 cm³/mol. The highest BCUT2D eigenvalue weighted by Crippen LogP contribution is 2.27. The van der Waals surface area contributed by atoms with E-state index in [1.807, 2.05) is 0 Å². The summed E-state index contributed by atoms with van der Waals surface area (Å²) in [4.78, 5) is 8.83. The van der Waals surface area contributed by atoms with Crippen molar-refractivity contribution in [2.75, 3.05) is 6.61 Å². The van der Waals surface area contributed by atoms with E-state index in [1.54, 1.807) is 0 Å². The van der Waals surface area contributed by atoms with Crippen molar-refractivity contribution < 1.29 is 37.6 Å². The summed E-state index contributed by atoms with van der Waals surface area (Å²) in [6.07, 6.45) is -3.52. The first-order chi connectivity index (χ1) is 11.1. The van der Waals surface area contributed by atoms with Gasteiger partial charge in [0.15, 0.2) is 5.69 Å². The molecule has 2 rings (SSSR count). The molecular formula is C14H20F4N2O4. The topological polar surface area (TPSA) is 84.7 Å². The molecule has 1 fully saturated rings. The minimum atomic E-state index is -4.64. The second-order valence-corrected chi connectivity index (χ2v) is 5.70. The van der Waals surface area contributed by atoms with Crippen molar-refractivity contribution in [3.63, 3.8) is 0 Å². The van der Waals surface area contributed by atoms with E-state index in [9.17, 15) is 27.9 Å². The van der Waals surface area contributed by atoms with Crippen molar-refractivity contribution in [1.29, 1.82) is 0 Å². The zero-order chi connectivity index (χ0) is 18.3. The fraction of sp³-hybridized carbons (Fsp3) is 0.714. The Morgan fingerprint density at radius 2 is 2.00 bits per heavy atom. The van der Waals surface area contributed by atoms with E-state index in [1.165, 1.54) is 0 Å². The van der Waals surface area contributed by atoms with Crippen molar-refractivity contribution in [2.45, 2.75) is 51.2 Å². The van der Waals surface area contributed by atoms with Gasteiger partial charge in [0.05, 0.1) is 24.6 Å². The highest BCUT2D eigenvalue weighted by atomic mass is 19.4. The Balaban J connectivity index is 0.000000240. The lowest BCUT2D eigenvalue weighted by Gasteiger charge is -2.32. The highest BCUT2D eigenvalue weighted by Gasteiger charge is 2.33. The number of aromatic nitrogens is 2. The number of hydrogen-bond acceptors (Lipinski definition) is 6. The molecule has 1 aliphatic rings. The van der Waals surface area contributed by atoms with E-state index >= 15 is 0 Å². The first-order valence-corrected chi connectivity index (χ1v) is 7.30. The number of aliphatic hydroxyl groups excluding tert-OH is 2. The van der Waals surface area contributed by atoms with Gasteiger partial charge in [-0.25, -0.2) is 4.98 Å². The molecular weight excluding hydrogens is 336 g/mol. The van der Waals surface area contributed by atoms with Crippen molar-refractivity contribution in [1.82, 2.24) is 9.97 Å². The average molecular weight is 356 g/mol. The van der Waals surface area contributed by atoms with Gasteiger partial charge in [0.2, 0.25) is 0 Å². The van der Waals surface area contributed by atoms with Crippen molar-refractivity contribution in [3.05, 3.63) is 18.1 Å². The average Bonchev–Trinajstić information content (AvgIpc) is 2.51. The van der Waals surface area contributed by atoms with Gasteiger partial charge in [-0.05, 0) is 18.8 Å². The monoisotopic (exact) mass is 356 g/mol. The zero-order valence-corrected chi connectivity index (χ0v) is 13.2. The van der Waals surface area contributed by atoms with Gasteiger partial charge in [-0.3, -0.25) is 9.93 Å². The second kappa shape index (κ2) is 9.09. The van der Waals surface area contributed by atoms with E-state index in [4.69, 9.17) is 4.74 Å². The third kappa shape index (κ3) is 6.54. The molecule has 3 atom stereocenters. The number of rotatable bonds is 3. The third-order valence-corrected chi connectivity index (χ3v) is 3.21. The SMILES string of the molecule is CC(C)CC1OCCC(O)C1O.FOc1cncc(C(F)(F)F)n1. The first kappa shape index (κ1) is 20.5. The summed E-state index contributed by atoms with van der Waals surface area (Å²) in [6.45, 7) is 4.73. The summed E-state index contributed by atoms with van der Waals surface area (Å²) in [5.74, 6) is -0.320. The lowest BCUT2D eigenvalue weighted by molar-refractivity contribution is -0.142. The van der Waals surface area contributed by atoms with Crippen molar-refractivity contribution in [2.24, 2.45) is 5.92 Å². The Morgan fingerprint density at radius 1 is 1.33 bits per heavy atom. The fourth-order valence-corrected chi connectivity index (χ4v) is 2.05. The maximum absolute atomic E-state index is 11.8. The van der Waals surface area contributed by atoms with Crippen molar-refractivity contribution >= 4 is 0 Å². The summed E-state index contributed by atoms with van der Waals surface area (Å²) in [7, 11) is 0. The van der Waals surface area contributed by atoms with Crippen LogP contribution in [0.5, 0.6) is 5.88 Å². The van der Waals surface area contributed by atoms with Crippen LogP contribution in [0.1, 0.15) is 32.4 Å². The summed E-state index contributed by atoms with van der Waals surface area (Å²) < 4.78 is 52.2. The predicted octanol–water partition coefficient (Wildman–Crippen LogP) is 2.30. The third-order valence-electron chi connectivity index (χ3n) is 3.21. The van der Waals surface area contributed by atoms with Gasteiger partial charge in [-0.2, -0.15) is 13.2 Å². The maximum Gasteiger partial charge on any atom is 0.435 e. The molecule has 0 saturated carbocycles. The van der Waals surface area contributed by atoms with Crippen LogP contribution in [0.25, 0.3) is 0 Å². The lowest BCUT2D eigenvalue weighted by Crippen LogP contribution is -2.44. The molecule has 3 unspecified atom stereocenters. The van der Waals surface area contributed by atoms with Crippen LogP contribution in [0.4, 0.5) is 17.7 Å². The van der Waals surface area contributed by atoms with Crippen molar-refractivity contribution in [3.8, 4) is 5.88 Å². The second-order valence-electron chi connectivity index (χ2n) is 5.70. The van der Waals surface area contributed by atoms with Gasteiger partial charge < -0.3 is 14.9 Å². The van der Waals surface area contributed by atoms with Crippen LogP contribution < -0.4 is 4.94 Å². The van der Waals surface area contributed by atoms with Gasteiger partial charge in [0, 0.05) is 11.1 Å². The minimum absolute atomic E-state index is 0.172. The Kier molecular flexibility index (Phi) is 7.77. The summed E-state index contributed by atoms with van der Waals surface area (Å²) in [5.41, 5.74) is -1.29. The molecule has 2 N–H and O–H groups in total. The molecule has 0 aliphatic carbocycles. The summed E-state index contributed by atoms with van der Waals surface area (Å²) >= 11 is 0. The van der Waals surface area contributed by atoms with Crippen LogP contribution in [0, 0.1) is 5.92 Å². The molecule has 24 heavy (non-hydrogen) atoms. The molecule has 2 heterocycles. The Bertz CT molecular complexity index is 502. The van der Waals surface area contributed by atoms with Gasteiger partial charge >= 0.3 is 6.18 Å². The summed E-state index contributed by atoms with van der Waals surface area (Å²) in [6, 6.07) is 0. The number of aliphatic hydroxyl groups is 2. The zero-order valence-electron chi connectivity index (χ0n) is 13.2. The van der Waals surface area contributed by atoms with E-state index in [0.29, 0.717) is 25.1 Å². The van der Waals surface area contributed by atoms with Crippen LogP contribution in [0.2, 0.25) is 0 Å². The van der Waals surface area contributed by atoms with Gasteiger partial charge in [0.25, 0.3) is 5.88 Å². The molecule has 138 valence electrons. The number of halogens is 4. The van der Waals surface area contributed by atoms with Crippen LogP contribution in [0.3, 0.4) is 0 Å². The molecule has 0 amide bonds. The van der Waals surface area contributed by atoms with E-state index in [2.05, 4.69) is 28.8 Å². The number of nitrogens with zero attached hydrogens (tertiary/aromatic N) is 2. The van der Waals surface area contributed by atoms with Gasteiger partial charge in [-0.1, -0.05) is 13.8 Å². The maximum atomic E-state index is 11.8. The summed E-state index contributed by atoms with van der Waals surface area (Å²) in [5, 5.41) is 18.8. The molecule has 1 aromatic heterocycles. The molecule has 0 radical (unpaired) electrons. The van der Waals surface area contributed by atoms with Crippen LogP contribution >= 0.6 is 0 Å². The molecule has 0 spiro atoms. The van der Waals surface area contributed by atoms with E-state index in [0.717, 1.165) is 12.6 Å². The van der Waals surface area contributed by atoms with Crippen LogP contribution in [-0.4, -0.2) is 45.1 Å². The van der Waals surface area contributed by atoms with E-state index in [-0.39, 0.29) is 6.10 Å². The smallest absolute Gasteiger partial charge is 0.390 e. The minimum Gasteiger partial charge on any atom is -0.390 e. The number of alkyl halides is 3. The molecule has 1 aromatic rings. The van der Waals surface area contributed by atoms with Crippen LogP contribution in [0.15, 0.2) is 12.4 Å². The van der Waals surface area contributed by atoms with Gasteiger partial charge in [0.1, 0.15) is 6.10 Å². The normalized spacial score (nSPS) is 24.3. The first-order valence-electron chi connectivity index (χ1n) is 7.30. The molecule has 0 bridgehead atoms. The molecule has 1 aliphatic heterocycles. The Labute approximate surface area is 136 Å². The number of ether oxygens (including phenoxy) is 1. The standard InChI is InChI=1S/C9H18O3.C5H2F4N2O/c1-6(2)5-8-9(11)7(10)3-4-12-8;6-5(7,8)3-1-10-2-4(11-3)12-9/h6-11H,3-5H2,1-2H3;1-2H. The van der Waals surface area contributed by atoms with E-state index < -0.39 is 30.0 Å². The number of hydrogen-bond donors (Lipinski definition) is 2.